The second-order valence-corrected chi connectivity index (χ2v) is 3.86. The first-order chi connectivity index (χ1) is 4.29. The maximum absolute atomic E-state index is 6.10. The summed E-state index contributed by atoms with van der Waals surface area (Å²) in [6.07, 6.45) is 8.19. The van der Waals surface area contributed by atoms with E-state index in [1.165, 1.54) is 38.5 Å². The fraction of sp³-hybridized carbons (Fsp3) is 1.00. The highest BCUT2D eigenvalue weighted by Gasteiger charge is 2.38. The molecule has 2 N–H and O–H groups in total. The summed E-state index contributed by atoms with van der Waals surface area (Å²) < 4.78 is 0. The first-order valence-electron chi connectivity index (χ1n) is 4.07. The summed E-state index contributed by atoms with van der Waals surface area (Å²) in [6, 6.07) is 0. The second kappa shape index (κ2) is 1.72. The summed E-state index contributed by atoms with van der Waals surface area (Å²) in [6.45, 7) is 0. The Morgan fingerprint density at radius 1 is 1.22 bits per heavy atom. The molecule has 0 saturated heterocycles. The van der Waals surface area contributed by atoms with Gasteiger partial charge in [-0.1, -0.05) is 12.8 Å². The third-order valence-electron chi connectivity index (χ3n) is 3.03. The van der Waals surface area contributed by atoms with Crippen molar-refractivity contribution in [3.8, 4) is 0 Å². The van der Waals surface area contributed by atoms with Gasteiger partial charge in [-0.15, -0.1) is 0 Å². The molecule has 0 aromatic heterocycles. The van der Waals surface area contributed by atoms with E-state index in [9.17, 15) is 0 Å². The number of rotatable bonds is 0. The zero-order valence-electron chi connectivity index (χ0n) is 5.90. The molecule has 2 atom stereocenters. The summed E-state index contributed by atoms with van der Waals surface area (Å²) in [5, 5.41) is 0. The Kier molecular flexibility index (Phi) is 1.10. The molecule has 0 heterocycles. The number of hydrogen-bond donors (Lipinski definition) is 1. The van der Waals surface area contributed by atoms with Crippen LogP contribution in [0.4, 0.5) is 0 Å². The van der Waals surface area contributed by atoms with Crippen LogP contribution in [-0.2, 0) is 0 Å². The minimum absolute atomic E-state index is 0.295. The van der Waals surface area contributed by atoms with E-state index in [2.05, 4.69) is 0 Å². The van der Waals surface area contributed by atoms with Crippen LogP contribution < -0.4 is 5.73 Å². The first kappa shape index (κ1) is 5.72. The molecule has 0 spiro atoms. The molecule has 0 radical (unpaired) electrons. The lowest BCUT2D eigenvalue weighted by molar-refractivity contribution is 0.309. The summed E-state index contributed by atoms with van der Waals surface area (Å²) in [7, 11) is 0. The molecule has 0 unspecified atom stereocenters. The quantitative estimate of drug-likeness (QED) is 0.523. The Labute approximate surface area is 56.6 Å². The van der Waals surface area contributed by atoms with Crippen LogP contribution >= 0.6 is 0 Å². The zero-order valence-corrected chi connectivity index (χ0v) is 5.90. The van der Waals surface area contributed by atoms with Crippen molar-refractivity contribution >= 4 is 0 Å². The van der Waals surface area contributed by atoms with Crippen LogP contribution in [0.25, 0.3) is 0 Å². The lowest BCUT2D eigenvalue weighted by Crippen LogP contribution is -2.38. The minimum atomic E-state index is 0.295. The van der Waals surface area contributed by atoms with Gasteiger partial charge in [0.15, 0.2) is 0 Å². The predicted molar refractivity (Wildman–Crippen MR) is 38.1 cm³/mol. The van der Waals surface area contributed by atoms with Gasteiger partial charge in [0.05, 0.1) is 0 Å². The monoisotopic (exact) mass is 125 g/mol. The molecule has 52 valence electrons. The molecular weight excluding hydrogens is 110 g/mol. The van der Waals surface area contributed by atoms with Crippen molar-refractivity contribution < 1.29 is 0 Å². The van der Waals surface area contributed by atoms with Crippen LogP contribution in [0.2, 0.25) is 0 Å². The van der Waals surface area contributed by atoms with Gasteiger partial charge in [-0.05, 0) is 31.6 Å². The molecule has 2 aliphatic rings. The van der Waals surface area contributed by atoms with E-state index in [4.69, 9.17) is 5.73 Å². The molecule has 2 fully saturated rings. The van der Waals surface area contributed by atoms with Gasteiger partial charge < -0.3 is 5.73 Å². The number of fused-ring (bicyclic) bond motifs is 2. The standard InChI is InChI=1S/C8H15N/c9-8-4-1-2-7(6-8)3-5-8/h7H,1-6,9H2/t7-,8-/m0/s1. The smallest absolute Gasteiger partial charge is 0.0157 e. The molecule has 0 amide bonds. The Bertz CT molecular complexity index is 118. The van der Waals surface area contributed by atoms with Gasteiger partial charge in [0, 0.05) is 5.54 Å². The van der Waals surface area contributed by atoms with E-state index in [1.54, 1.807) is 0 Å². The predicted octanol–water partition coefficient (Wildman–Crippen LogP) is 1.67. The van der Waals surface area contributed by atoms with Crippen LogP contribution in [0.5, 0.6) is 0 Å². The van der Waals surface area contributed by atoms with Gasteiger partial charge in [0.2, 0.25) is 0 Å². The van der Waals surface area contributed by atoms with E-state index >= 15 is 0 Å². The van der Waals surface area contributed by atoms with Crippen molar-refractivity contribution in [1.29, 1.82) is 0 Å². The largest absolute Gasteiger partial charge is 0.325 e. The van der Waals surface area contributed by atoms with Crippen molar-refractivity contribution in [1.82, 2.24) is 0 Å². The fourth-order valence-corrected chi connectivity index (χ4v) is 2.49. The molecule has 2 saturated carbocycles. The van der Waals surface area contributed by atoms with Crippen LogP contribution in [0.15, 0.2) is 0 Å². The first-order valence-corrected chi connectivity index (χ1v) is 4.07. The van der Waals surface area contributed by atoms with Gasteiger partial charge in [0.1, 0.15) is 0 Å². The molecule has 0 aromatic carbocycles. The van der Waals surface area contributed by atoms with E-state index in [-0.39, 0.29) is 0 Å². The molecule has 2 rings (SSSR count). The maximum atomic E-state index is 6.10. The van der Waals surface area contributed by atoms with E-state index in [1.807, 2.05) is 0 Å². The highest BCUT2D eigenvalue weighted by Crippen LogP contribution is 2.43. The van der Waals surface area contributed by atoms with Crippen molar-refractivity contribution in [3.63, 3.8) is 0 Å². The second-order valence-electron chi connectivity index (χ2n) is 3.86. The number of hydrogen-bond acceptors (Lipinski definition) is 1. The highest BCUT2D eigenvalue weighted by atomic mass is 14.8. The molecule has 9 heavy (non-hydrogen) atoms. The van der Waals surface area contributed by atoms with Gasteiger partial charge in [0.25, 0.3) is 0 Å². The average molecular weight is 125 g/mol. The summed E-state index contributed by atoms with van der Waals surface area (Å²) in [5.74, 6) is 1.00. The van der Waals surface area contributed by atoms with Gasteiger partial charge in [-0.2, -0.15) is 0 Å². The van der Waals surface area contributed by atoms with E-state index in [0.717, 1.165) is 5.92 Å². The molecule has 0 aliphatic heterocycles. The van der Waals surface area contributed by atoms with Crippen molar-refractivity contribution in [3.05, 3.63) is 0 Å². The lowest BCUT2D eigenvalue weighted by atomic mass is 9.84. The fourth-order valence-electron chi connectivity index (χ4n) is 2.49. The zero-order chi connectivity index (χ0) is 6.32. The summed E-state index contributed by atoms with van der Waals surface area (Å²) in [5.41, 5.74) is 6.39. The Morgan fingerprint density at radius 2 is 2.11 bits per heavy atom. The van der Waals surface area contributed by atoms with Crippen LogP contribution in [0.3, 0.4) is 0 Å². The SMILES string of the molecule is N[C@@]12CCC[C@@H](CC1)C2. The maximum Gasteiger partial charge on any atom is 0.0157 e. The van der Waals surface area contributed by atoms with Gasteiger partial charge in [-0.3, -0.25) is 0 Å². The third kappa shape index (κ3) is 0.877. The van der Waals surface area contributed by atoms with Crippen molar-refractivity contribution in [2.24, 2.45) is 11.7 Å². The molecule has 0 aromatic rings. The van der Waals surface area contributed by atoms with Crippen LogP contribution in [0.1, 0.15) is 38.5 Å². The summed E-state index contributed by atoms with van der Waals surface area (Å²) >= 11 is 0. The van der Waals surface area contributed by atoms with Crippen molar-refractivity contribution in [2.45, 2.75) is 44.1 Å². The number of nitrogens with two attached hydrogens (primary N) is 1. The molecular formula is C8H15N. The third-order valence-corrected chi connectivity index (χ3v) is 3.03. The Balaban J connectivity index is 2.13. The van der Waals surface area contributed by atoms with Crippen LogP contribution in [-0.4, -0.2) is 5.54 Å². The van der Waals surface area contributed by atoms with Gasteiger partial charge in [-0.25, -0.2) is 0 Å². The van der Waals surface area contributed by atoms with Gasteiger partial charge >= 0.3 is 0 Å². The topological polar surface area (TPSA) is 26.0 Å². The normalized spacial score (nSPS) is 49.7. The Morgan fingerprint density at radius 3 is 2.78 bits per heavy atom. The molecule has 1 nitrogen and oxygen atoms in total. The average Bonchev–Trinajstić information content (AvgIpc) is 2.07. The highest BCUT2D eigenvalue weighted by molar-refractivity contribution is 4.96. The minimum Gasteiger partial charge on any atom is -0.325 e. The molecule has 2 aliphatic carbocycles. The van der Waals surface area contributed by atoms with Crippen molar-refractivity contribution in [2.75, 3.05) is 0 Å². The van der Waals surface area contributed by atoms with E-state index < -0.39 is 0 Å². The lowest BCUT2D eigenvalue weighted by Gasteiger charge is -2.28. The summed E-state index contributed by atoms with van der Waals surface area (Å²) in [4.78, 5) is 0. The molecule has 2 bridgehead atoms. The molecule has 1 heteroatoms. The van der Waals surface area contributed by atoms with E-state index in [0.29, 0.717) is 5.54 Å². The van der Waals surface area contributed by atoms with Crippen LogP contribution in [0, 0.1) is 5.92 Å². The Hall–Kier alpha value is -0.0400.